The molecule has 2 nitrogen and oxygen atoms in total. The maximum Gasteiger partial charge on any atom is 0.142 e. The molecule has 4 rings (SSSR count). The van der Waals surface area contributed by atoms with Gasteiger partial charge in [-0.1, -0.05) is 102 Å². The Balaban J connectivity index is 0.000000858. The second-order valence-corrected chi connectivity index (χ2v) is 11.9. The molecule has 0 saturated heterocycles. The predicted molar refractivity (Wildman–Crippen MR) is 176 cm³/mol. The molecule has 2 aromatic carbocycles. The lowest BCUT2D eigenvalue weighted by molar-refractivity contribution is -0.104. The van der Waals surface area contributed by atoms with E-state index in [0.717, 1.165) is 30.2 Å². The van der Waals surface area contributed by atoms with E-state index in [-0.39, 0.29) is 0 Å². The molecular weight excluding hydrogens is 486 g/mol. The average molecular weight is 546 g/mol. The molecule has 0 atom stereocenters. The zero-order valence-electron chi connectivity index (χ0n) is 26.8. The summed E-state index contributed by atoms with van der Waals surface area (Å²) in [6.45, 7) is 11.7. The van der Waals surface area contributed by atoms with Crippen LogP contribution in [0.3, 0.4) is 0 Å². The second-order valence-electron chi connectivity index (χ2n) is 11.9. The highest BCUT2D eigenvalue weighted by Crippen LogP contribution is 2.39. The average Bonchev–Trinajstić information content (AvgIpc) is 3.02. The Labute approximate surface area is 247 Å². The molecule has 0 amide bonds. The Hall–Kier alpha value is -2.19. The molecular formula is C38H59NO. The third kappa shape index (κ3) is 10.3. The molecule has 0 bridgehead atoms. The minimum atomic E-state index is 0.639. The number of hydrogen-bond acceptors (Lipinski definition) is 2. The minimum absolute atomic E-state index is 0.639. The van der Waals surface area contributed by atoms with E-state index in [4.69, 9.17) is 4.79 Å². The standard InChI is InChI=1S/C33H49N.C3H4O.C2H6/c1-5-7-8-9-25-10-12-27(13-11-25)28-14-16-30(17-15-28)33-23-20-31(24-26(33)6-2)29-18-21-32(22-19-29)34(3)4;1-2-3-4;1-2/h14-17,20,23-25,27,29,32H,5-13,18-19,21-22H2,1-4H3;2-3H,1H2;1-2H3. The van der Waals surface area contributed by atoms with Gasteiger partial charge in [0.2, 0.25) is 0 Å². The predicted octanol–water partition coefficient (Wildman–Crippen LogP) is 10.8. The SMILES string of the molecule is C=CC=O.CC.CCCCCC1CCC(c2ccc(-c3ccc(C4CCC(N(C)C)CC4)cc3CC)cc2)CC1. The number of rotatable bonds is 10. The molecule has 222 valence electrons. The highest BCUT2D eigenvalue weighted by atomic mass is 16.1. The molecule has 0 radical (unpaired) electrons. The first kappa shape index (κ1) is 34.0. The molecule has 2 aliphatic rings. The number of unbranched alkanes of at least 4 members (excludes halogenated alkanes) is 2. The van der Waals surface area contributed by atoms with E-state index in [1.54, 1.807) is 11.1 Å². The molecule has 0 N–H and O–H groups in total. The maximum absolute atomic E-state index is 9.06. The second kappa shape index (κ2) is 19.0. The van der Waals surface area contributed by atoms with Gasteiger partial charge in [-0.05, 0) is 124 Å². The van der Waals surface area contributed by atoms with Crippen LogP contribution in [0, 0.1) is 5.92 Å². The van der Waals surface area contributed by atoms with Gasteiger partial charge in [0.15, 0.2) is 0 Å². The molecule has 0 unspecified atom stereocenters. The zero-order chi connectivity index (χ0) is 29.3. The van der Waals surface area contributed by atoms with Gasteiger partial charge in [-0.2, -0.15) is 0 Å². The van der Waals surface area contributed by atoms with Gasteiger partial charge in [0, 0.05) is 6.04 Å². The van der Waals surface area contributed by atoms with Gasteiger partial charge in [0.05, 0.1) is 0 Å². The number of hydrogen-bond donors (Lipinski definition) is 0. The van der Waals surface area contributed by atoms with Crippen LogP contribution in [0.2, 0.25) is 0 Å². The van der Waals surface area contributed by atoms with Crippen molar-refractivity contribution in [3.63, 3.8) is 0 Å². The van der Waals surface area contributed by atoms with E-state index >= 15 is 0 Å². The van der Waals surface area contributed by atoms with Crippen molar-refractivity contribution in [3.05, 3.63) is 71.8 Å². The molecule has 0 aromatic heterocycles. The fraction of sp³-hybridized carbons (Fsp3) is 0.605. The third-order valence-electron chi connectivity index (χ3n) is 9.26. The Bertz CT molecular complexity index is 953. The summed E-state index contributed by atoms with van der Waals surface area (Å²) < 4.78 is 0. The van der Waals surface area contributed by atoms with Gasteiger partial charge < -0.3 is 4.90 Å². The molecule has 0 spiro atoms. The quantitative estimate of drug-likeness (QED) is 0.168. The summed E-state index contributed by atoms with van der Waals surface area (Å²) in [5.74, 6) is 2.52. The summed E-state index contributed by atoms with van der Waals surface area (Å²) in [6, 6.07) is 17.8. The normalized spacial score (nSPS) is 22.4. The molecule has 2 aliphatic carbocycles. The summed E-state index contributed by atoms with van der Waals surface area (Å²) in [5.41, 5.74) is 7.51. The van der Waals surface area contributed by atoms with Crippen molar-refractivity contribution in [2.45, 2.75) is 129 Å². The summed E-state index contributed by atoms with van der Waals surface area (Å²) in [4.78, 5) is 11.5. The summed E-state index contributed by atoms with van der Waals surface area (Å²) >= 11 is 0. The fourth-order valence-corrected chi connectivity index (χ4v) is 6.77. The largest absolute Gasteiger partial charge is 0.306 e. The number of benzene rings is 2. The van der Waals surface area contributed by atoms with E-state index in [0.29, 0.717) is 6.29 Å². The van der Waals surface area contributed by atoms with Crippen molar-refractivity contribution in [3.8, 4) is 11.1 Å². The molecule has 2 aromatic rings. The van der Waals surface area contributed by atoms with E-state index in [1.165, 1.54) is 99.8 Å². The van der Waals surface area contributed by atoms with E-state index < -0.39 is 0 Å². The van der Waals surface area contributed by atoms with Gasteiger partial charge in [0.1, 0.15) is 6.29 Å². The topological polar surface area (TPSA) is 20.3 Å². The zero-order valence-corrected chi connectivity index (χ0v) is 26.8. The Kier molecular flexibility index (Phi) is 16.2. The van der Waals surface area contributed by atoms with Crippen LogP contribution >= 0.6 is 0 Å². The van der Waals surface area contributed by atoms with Crippen molar-refractivity contribution in [1.29, 1.82) is 0 Å². The van der Waals surface area contributed by atoms with Crippen LogP contribution < -0.4 is 0 Å². The lowest BCUT2D eigenvalue weighted by atomic mass is 9.77. The smallest absolute Gasteiger partial charge is 0.142 e. The molecule has 0 aliphatic heterocycles. The van der Waals surface area contributed by atoms with E-state index in [2.05, 4.69) is 81.9 Å². The lowest BCUT2D eigenvalue weighted by Crippen LogP contribution is -2.31. The number of carbonyl (C=O) groups is 1. The number of nitrogens with zero attached hydrogens (tertiary/aromatic N) is 1. The van der Waals surface area contributed by atoms with Crippen LogP contribution in [-0.4, -0.2) is 31.3 Å². The van der Waals surface area contributed by atoms with Crippen LogP contribution in [0.25, 0.3) is 11.1 Å². The Morgan fingerprint density at radius 1 is 0.800 bits per heavy atom. The van der Waals surface area contributed by atoms with Crippen LogP contribution in [0.4, 0.5) is 0 Å². The monoisotopic (exact) mass is 545 g/mol. The van der Waals surface area contributed by atoms with E-state index in [9.17, 15) is 0 Å². The number of allylic oxidation sites excluding steroid dienone is 1. The highest BCUT2D eigenvalue weighted by Gasteiger charge is 2.24. The molecule has 2 heteroatoms. The van der Waals surface area contributed by atoms with Crippen molar-refractivity contribution in [1.82, 2.24) is 4.90 Å². The van der Waals surface area contributed by atoms with Crippen molar-refractivity contribution < 1.29 is 4.79 Å². The first-order valence-electron chi connectivity index (χ1n) is 16.5. The summed E-state index contributed by atoms with van der Waals surface area (Å²) in [5, 5.41) is 0. The lowest BCUT2D eigenvalue weighted by Gasteiger charge is -2.33. The van der Waals surface area contributed by atoms with Crippen LogP contribution in [-0.2, 0) is 11.2 Å². The first-order valence-corrected chi connectivity index (χ1v) is 16.5. The van der Waals surface area contributed by atoms with Gasteiger partial charge in [0.25, 0.3) is 0 Å². The maximum atomic E-state index is 9.06. The Morgan fingerprint density at radius 2 is 1.35 bits per heavy atom. The first-order chi connectivity index (χ1) is 19.5. The van der Waals surface area contributed by atoms with Gasteiger partial charge in [-0.15, -0.1) is 0 Å². The van der Waals surface area contributed by atoms with E-state index in [1.807, 2.05) is 13.8 Å². The Morgan fingerprint density at radius 3 is 1.88 bits per heavy atom. The molecule has 2 saturated carbocycles. The highest BCUT2D eigenvalue weighted by molar-refractivity contribution is 5.68. The van der Waals surface area contributed by atoms with Crippen molar-refractivity contribution in [2.24, 2.45) is 5.92 Å². The molecule has 40 heavy (non-hydrogen) atoms. The van der Waals surface area contributed by atoms with Crippen molar-refractivity contribution >= 4 is 6.29 Å². The molecule has 0 heterocycles. The number of aryl methyl sites for hydroxylation is 1. The number of carbonyl (C=O) groups excluding carboxylic acids is 1. The van der Waals surface area contributed by atoms with Crippen LogP contribution in [0.15, 0.2) is 55.1 Å². The van der Waals surface area contributed by atoms with Gasteiger partial charge >= 0.3 is 0 Å². The summed E-state index contributed by atoms with van der Waals surface area (Å²) in [6.07, 6.45) is 19.6. The minimum Gasteiger partial charge on any atom is -0.306 e. The van der Waals surface area contributed by atoms with Crippen LogP contribution in [0.1, 0.15) is 133 Å². The molecule has 2 fully saturated rings. The summed E-state index contributed by atoms with van der Waals surface area (Å²) in [7, 11) is 4.47. The van der Waals surface area contributed by atoms with Crippen molar-refractivity contribution in [2.75, 3.05) is 14.1 Å². The number of aldehydes is 1. The van der Waals surface area contributed by atoms with Crippen LogP contribution in [0.5, 0.6) is 0 Å². The third-order valence-corrected chi connectivity index (χ3v) is 9.26. The fourth-order valence-electron chi connectivity index (χ4n) is 6.77. The van der Waals surface area contributed by atoms with Gasteiger partial charge in [-0.3, -0.25) is 4.79 Å². The van der Waals surface area contributed by atoms with Gasteiger partial charge in [-0.25, -0.2) is 0 Å².